The van der Waals surface area contributed by atoms with E-state index in [1.165, 1.54) is 60.5 Å². The van der Waals surface area contributed by atoms with Crippen LogP contribution >= 0.6 is 50.8 Å². The predicted octanol–water partition coefficient (Wildman–Crippen LogP) is 12.3. The van der Waals surface area contributed by atoms with E-state index < -0.39 is 57.1 Å². The molecule has 12 aromatic rings. The van der Waals surface area contributed by atoms with Gasteiger partial charge in [-0.2, -0.15) is 10.2 Å². The molecule has 2 aliphatic rings. The molecule has 4 aromatic heterocycles. The topological polar surface area (TPSA) is 236 Å². The number of aromatic nitrogens is 6. The van der Waals surface area contributed by atoms with Gasteiger partial charge >= 0.3 is 46.9 Å². The van der Waals surface area contributed by atoms with E-state index >= 15 is 0 Å². The number of hydrogen-bond donors (Lipinski definition) is 4. The van der Waals surface area contributed by atoms with Crippen molar-refractivity contribution in [3.63, 3.8) is 0 Å². The number of amides is 2. The first kappa shape index (κ1) is 83.1. The molecule has 2 aliphatic heterocycles. The standard InChI is InChI=1S/C23H22N4O5.2C18H15P.C16H14BrN3O3.C7H9NO2.CH4.2ClH.Pd/c1-14(28)16-11-15(6-7-23(31)8-10-26(2)22(23)30)12-17(13-16)27-20-18(5-4-9-24-20)19(25-27)21(29)32-3;2*1-4-10-16(11-5-1)19(17-12-6-2-7-13-17)18-14-8-3-9-15-18;1-9(21)10-6-11(17)8-12(7-10)20-15-13(4-3-5-18-15)14(19-20)16(22)23-2;1-3-7(10)4-5-8(2)6(7)9;;;;/h4-5,9,11-14,28,31H,8,10H2,1-3H3;2*1-15H;3-9,21H,1-2H3;1,10H,4-5H2,2H3;1H4;2*1H;/q;;;;;;;;+2/p-2/t14?,23-;;;;7-;;;;/m0...0..../s1. The predicted molar refractivity (Wildman–Crippen MR) is 428 cm³/mol. The summed E-state index contributed by atoms with van der Waals surface area (Å²) in [4.78, 5) is 58.9. The van der Waals surface area contributed by atoms with Crippen LogP contribution in [0.25, 0.3) is 33.4 Å². The Hall–Kier alpha value is -9.58. The number of halogens is 3. The number of pyridine rings is 2. The van der Waals surface area contributed by atoms with Crippen LogP contribution in [-0.2, 0) is 35.0 Å². The van der Waals surface area contributed by atoms with Crippen molar-refractivity contribution < 1.29 is 65.0 Å². The maximum absolute atomic E-state index is 12.2. The van der Waals surface area contributed by atoms with Crippen molar-refractivity contribution in [3.8, 4) is 35.6 Å². The Balaban J connectivity index is 0.000000173. The minimum absolute atomic E-state index is 0. The van der Waals surface area contributed by atoms with Crippen molar-refractivity contribution in [2.45, 2.75) is 57.5 Å². The van der Waals surface area contributed by atoms with Crippen LogP contribution in [0.5, 0.6) is 0 Å². The molecule has 2 fully saturated rings. The van der Waals surface area contributed by atoms with Crippen LogP contribution in [0.1, 0.15) is 84.0 Å². The Morgan fingerprint density at radius 3 is 1.16 bits per heavy atom. The third kappa shape index (κ3) is 21.2. The van der Waals surface area contributed by atoms with Gasteiger partial charge in [-0.05, 0) is 133 Å². The summed E-state index contributed by atoms with van der Waals surface area (Å²) >= 11 is 3.32. The Morgan fingerprint density at radius 1 is 0.533 bits per heavy atom. The zero-order valence-electron chi connectivity index (χ0n) is 58.5. The van der Waals surface area contributed by atoms with Crippen molar-refractivity contribution >= 4 is 128 Å². The number of terminal acetylenes is 1. The summed E-state index contributed by atoms with van der Waals surface area (Å²) in [5.41, 5.74) is 0.970. The fraction of sp³-hybridized carbons (Fsp3) is 0.181. The Kier molecular flexibility index (Phi) is 30.9. The van der Waals surface area contributed by atoms with E-state index in [1.54, 1.807) is 93.5 Å². The first-order valence-corrected chi connectivity index (χ1v) is 40.5. The molecule has 2 unspecified atom stereocenters. The number of carbonyl (C=O) groups excluding carboxylic acids is 4. The molecule has 2 saturated heterocycles. The van der Waals surface area contributed by atoms with Gasteiger partial charge in [0.2, 0.25) is 11.2 Å². The van der Waals surface area contributed by atoms with Gasteiger partial charge < -0.3 is 39.7 Å². The maximum atomic E-state index is 12.2. The number of aliphatic hydroxyl groups excluding tert-OH is 2. The summed E-state index contributed by atoms with van der Waals surface area (Å²) in [5.74, 6) is 5.70. The monoisotopic (exact) mass is 1660 g/mol. The number of nitrogens with zero attached hydrogens (tertiary/aromatic N) is 8. The molecule has 107 heavy (non-hydrogen) atoms. The van der Waals surface area contributed by atoms with Gasteiger partial charge in [0.15, 0.2) is 22.7 Å². The molecule has 552 valence electrons. The van der Waals surface area contributed by atoms with Gasteiger partial charge in [0.25, 0.3) is 11.8 Å². The molecular weight excluding hydrogens is 1590 g/mol. The van der Waals surface area contributed by atoms with E-state index in [-0.39, 0.29) is 47.1 Å². The van der Waals surface area contributed by atoms with Crippen molar-refractivity contribution in [2.24, 2.45) is 0 Å². The smallest absolute Gasteiger partial charge is 0.0134 e. The molecule has 0 spiro atoms. The Bertz CT molecular complexity index is 4760. The number of ether oxygens (including phenoxy) is 2. The van der Waals surface area contributed by atoms with Crippen molar-refractivity contribution in [2.75, 3.05) is 41.4 Å². The second-order valence-electron chi connectivity index (χ2n) is 24.0. The fourth-order valence-electron chi connectivity index (χ4n) is 11.3. The summed E-state index contributed by atoms with van der Waals surface area (Å²) in [7, 11) is 14.6. The molecule has 0 saturated carbocycles. The molecule has 6 heterocycles. The van der Waals surface area contributed by atoms with Gasteiger partial charge in [-0.15, -0.1) is 6.42 Å². The van der Waals surface area contributed by atoms with Crippen LogP contribution in [0, 0.1) is 24.2 Å². The van der Waals surface area contributed by atoms with E-state index in [0.29, 0.717) is 64.1 Å². The van der Waals surface area contributed by atoms with Crippen molar-refractivity contribution in [1.29, 1.82) is 0 Å². The van der Waals surface area contributed by atoms with Crippen LogP contribution in [0.15, 0.2) is 260 Å². The van der Waals surface area contributed by atoms with E-state index in [2.05, 4.69) is 236 Å². The average Bonchev–Trinajstić information content (AvgIpc) is 1.65. The number of likely N-dealkylation sites (N-methyl/N-ethyl adjacent to an activating group) is 2. The molecule has 4 atom stereocenters. The van der Waals surface area contributed by atoms with Crippen LogP contribution in [0.3, 0.4) is 0 Å². The van der Waals surface area contributed by atoms with Crippen molar-refractivity contribution in [3.05, 3.63) is 288 Å². The van der Waals surface area contributed by atoms with Gasteiger partial charge in [-0.1, -0.05) is 223 Å². The van der Waals surface area contributed by atoms with E-state index in [1.807, 2.05) is 12.1 Å². The van der Waals surface area contributed by atoms with E-state index in [9.17, 15) is 39.6 Å². The normalized spacial score (nSPS) is 15.3. The first-order chi connectivity index (χ1) is 51.1. The second-order valence-corrected chi connectivity index (χ2v) is 31.7. The van der Waals surface area contributed by atoms with Gasteiger partial charge in [-0.25, -0.2) is 28.9 Å². The molecule has 18 nitrogen and oxygen atoms in total. The number of fused-ring (bicyclic) bond motifs is 2. The van der Waals surface area contributed by atoms with Crippen molar-refractivity contribution in [1.82, 2.24) is 39.3 Å². The number of esters is 2. The molecule has 14 rings (SSSR count). The van der Waals surface area contributed by atoms with Gasteiger partial charge in [0.1, 0.15) is 0 Å². The maximum Gasteiger partial charge on any atom is -0.0134 e. The van der Waals surface area contributed by atoms with Gasteiger partial charge in [0, 0.05) is 62.5 Å². The number of aliphatic hydroxyl groups is 4. The number of carbonyl (C=O) groups is 4. The van der Waals surface area contributed by atoms with Crippen LogP contribution in [0.2, 0.25) is 0 Å². The van der Waals surface area contributed by atoms with E-state index in [0.717, 1.165) is 10.0 Å². The van der Waals surface area contributed by atoms with Crippen LogP contribution < -0.4 is 31.8 Å². The van der Waals surface area contributed by atoms with Crippen LogP contribution in [0.4, 0.5) is 0 Å². The molecule has 0 radical (unpaired) electrons. The van der Waals surface area contributed by atoms with Gasteiger partial charge in [-0.3, -0.25) is 9.59 Å². The molecule has 0 bridgehead atoms. The fourth-order valence-corrected chi connectivity index (χ4v) is 16.4. The molecule has 0 aliphatic carbocycles. The first-order valence-electron chi connectivity index (χ1n) is 33.0. The minimum atomic E-state index is -1.74. The number of hydrogen-bond acceptors (Lipinski definition) is 14. The largest absolute Gasteiger partial charge is 0.0622 e. The third-order valence-electron chi connectivity index (χ3n) is 16.7. The zero-order valence-corrected chi connectivity index (χ0v) is 64.9. The quantitative estimate of drug-likeness (QED) is 0.0385. The summed E-state index contributed by atoms with van der Waals surface area (Å²) < 4.78 is 13.5. The Labute approximate surface area is 650 Å². The summed E-state index contributed by atoms with van der Waals surface area (Å²) in [6.07, 6.45) is 7.32. The molecule has 8 aromatic carbocycles. The molecule has 4 N–H and O–H groups in total. The number of likely N-dealkylation sites (tertiary alicyclic amines) is 2. The number of rotatable bonds is 12. The Morgan fingerprint density at radius 2 is 0.860 bits per heavy atom. The zero-order chi connectivity index (χ0) is 75.9. The number of methoxy groups -OCH3 is 2. The van der Waals surface area contributed by atoms with E-state index in [4.69, 9.17) is 35.0 Å². The van der Waals surface area contributed by atoms with Crippen LogP contribution in [-0.4, -0.2) is 136 Å². The minimum Gasteiger partial charge on any atom is -0.0622 e. The second kappa shape index (κ2) is 39.9. The summed E-state index contributed by atoms with van der Waals surface area (Å²) in [5, 5.41) is 58.2. The molecule has 2 amide bonds. The SMILES string of the molecule is C.C#C[C@]1(O)CCN(C)C1=O.COC(=O)c1nn(-c2cc(Br)cc(C(C)O)c2)c2ncccc12.COC(=O)c1nn(-c2cc(C#C[C@]3(O)CCN(C)C3=O)cc(C(C)O)c2)c2ncccc12.[Cl][Pd][Cl].c1ccc(P(c2ccccc2)c2ccccc2)cc1.c1ccc(P(c2ccccc2)c2ccccc2)cc1. The summed E-state index contributed by atoms with van der Waals surface area (Å²) in [6.45, 7) is 4.26. The van der Waals surface area contributed by atoms with Gasteiger partial charge in [0.05, 0.1) is 48.6 Å². The number of benzene rings is 8. The average molecular weight is 1670 g/mol. The third-order valence-corrected chi connectivity index (χ3v) is 22.0. The molecule has 24 heteroatoms. The summed E-state index contributed by atoms with van der Waals surface area (Å²) in [6, 6.07) is 82.1. The molecular formula is C83H79BrCl2N8O10P2Pd.